The second-order valence-electron chi connectivity index (χ2n) is 12.0. The normalized spacial score (nSPS) is 47.6. The fourth-order valence-corrected chi connectivity index (χ4v) is 9.07. The van der Waals surface area contributed by atoms with E-state index in [0.717, 1.165) is 38.5 Å². The Morgan fingerprint density at radius 2 is 1.77 bits per heavy atom. The lowest BCUT2D eigenvalue weighted by Crippen LogP contribution is -2.63. The molecule has 0 aliphatic heterocycles. The molecule has 0 aromatic carbocycles. The third-order valence-electron chi connectivity index (χ3n) is 10.7. The molecule has 0 aromatic heterocycles. The van der Waals surface area contributed by atoms with Crippen molar-refractivity contribution in [1.29, 1.82) is 0 Å². The fraction of sp³-hybridized carbons (Fsp3) is 0.923. The molecule has 0 heterocycles. The van der Waals surface area contributed by atoms with Crippen LogP contribution in [0.25, 0.3) is 0 Å². The van der Waals surface area contributed by atoms with Crippen molar-refractivity contribution in [3.05, 3.63) is 0 Å². The summed E-state index contributed by atoms with van der Waals surface area (Å²) >= 11 is 0. The van der Waals surface area contributed by atoms with Gasteiger partial charge < -0.3 is 14.9 Å². The molecule has 4 rings (SSSR count). The molecule has 0 bridgehead atoms. The first-order chi connectivity index (χ1) is 14.5. The van der Waals surface area contributed by atoms with Gasteiger partial charge in [-0.25, -0.2) is 0 Å². The molecule has 0 spiro atoms. The summed E-state index contributed by atoms with van der Waals surface area (Å²) in [5.74, 6) is 2.04. The van der Waals surface area contributed by atoms with Crippen LogP contribution in [0, 0.1) is 40.4 Å². The molecule has 5 heteroatoms. The summed E-state index contributed by atoms with van der Waals surface area (Å²) in [6.45, 7) is 8.54. The van der Waals surface area contributed by atoms with Crippen molar-refractivity contribution in [2.75, 3.05) is 0 Å². The molecule has 9 atom stereocenters. The van der Waals surface area contributed by atoms with Gasteiger partial charge in [-0.05, 0) is 98.2 Å². The Labute approximate surface area is 187 Å². The van der Waals surface area contributed by atoms with Gasteiger partial charge in [-0.3, -0.25) is 9.59 Å². The molecule has 5 nitrogen and oxygen atoms in total. The summed E-state index contributed by atoms with van der Waals surface area (Å²) in [5, 5.41) is 20.9. The van der Waals surface area contributed by atoms with E-state index in [1.807, 2.05) is 0 Å². The van der Waals surface area contributed by atoms with E-state index in [1.54, 1.807) is 0 Å². The zero-order valence-corrected chi connectivity index (χ0v) is 19.9. The number of fused-ring (bicyclic) bond motifs is 5. The van der Waals surface area contributed by atoms with E-state index in [0.29, 0.717) is 41.4 Å². The van der Waals surface area contributed by atoms with Crippen LogP contribution in [0.3, 0.4) is 0 Å². The van der Waals surface area contributed by atoms with Crippen LogP contribution in [0.1, 0.15) is 98.3 Å². The lowest BCUT2D eigenvalue weighted by molar-refractivity contribution is -0.224. The molecule has 4 aliphatic rings. The molecular weight excluding hydrogens is 392 g/mol. The highest BCUT2D eigenvalue weighted by atomic mass is 16.5. The summed E-state index contributed by atoms with van der Waals surface area (Å²) < 4.78 is 5.51. The van der Waals surface area contributed by atoms with Crippen LogP contribution in [0.5, 0.6) is 0 Å². The Bertz CT molecular complexity index is 721. The summed E-state index contributed by atoms with van der Waals surface area (Å²) in [6, 6.07) is 0. The Kier molecular flexibility index (Phi) is 5.98. The maximum Gasteiger partial charge on any atom is 0.303 e. The van der Waals surface area contributed by atoms with Crippen molar-refractivity contribution in [2.45, 2.75) is 110 Å². The number of esters is 1. The van der Waals surface area contributed by atoms with Gasteiger partial charge >= 0.3 is 11.9 Å². The minimum atomic E-state index is -0.729. The average molecular weight is 435 g/mol. The maximum absolute atomic E-state index is 11.8. The predicted molar refractivity (Wildman–Crippen MR) is 118 cm³/mol. The Morgan fingerprint density at radius 3 is 2.45 bits per heavy atom. The van der Waals surface area contributed by atoms with Crippen molar-refractivity contribution in [2.24, 2.45) is 40.4 Å². The van der Waals surface area contributed by atoms with E-state index < -0.39 is 11.6 Å². The first-order valence-corrected chi connectivity index (χ1v) is 12.6. The van der Waals surface area contributed by atoms with Gasteiger partial charge in [0, 0.05) is 19.8 Å². The largest absolute Gasteiger partial charge is 0.481 e. The summed E-state index contributed by atoms with van der Waals surface area (Å²) in [6.07, 6.45) is 10.0. The maximum atomic E-state index is 11.8. The summed E-state index contributed by atoms with van der Waals surface area (Å²) in [7, 11) is 0. The number of hydrogen-bond acceptors (Lipinski definition) is 4. The number of carboxylic acids is 1. The van der Waals surface area contributed by atoms with Crippen LogP contribution in [-0.2, 0) is 14.3 Å². The fourth-order valence-electron chi connectivity index (χ4n) is 9.07. The Balaban J connectivity index is 1.51. The van der Waals surface area contributed by atoms with E-state index in [-0.39, 0.29) is 23.9 Å². The van der Waals surface area contributed by atoms with Gasteiger partial charge in [-0.15, -0.1) is 0 Å². The van der Waals surface area contributed by atoms with Crippen molar-refractivity contribution < 1.29 is 24.5 Å². The van der Waals surface area contributed by atoms with Gasteiger partial charge in [0.2, 0.25) is 0 Å². The second kappa shape index (κ2) is 8.04. The van der Waals surface area contributed by atoms with Crippen LogP contribution in [-0.4, -0.2) is 33.9 Å². The Hall–Kier alpha value is -1.10. The van der Waals surface area contributed by atoms with E-state index in [4.69, 9.17) is 9.84 Å². The number of carbonyl (C=O) groups excluding carboxylic acids is 1. The first kappa shape index (κ1) is 23.1. The third-order valence-corrected chi connectivity index (χ3v) is 10.7. The zero-order chi connectivity index (χ0) is 22.6. The van der Waals surface area contributed by atoms with E-state index >= 15 is 0 Å². The van der Waals surface area contributed by atoms with Gasteiger partial charge in [-0.1, -0.05) is 20.8 Å². The molecule has 176 valence electrons. The first-order valence-electron chi connectivity index (χ1n) is 12.6. The van der Waals surface area contributed by atoms with Crippen LogP contribution in [0.2, 0.25) is 0 Å². The lowest BCUT2D eigenvalue weighted by atomic mass is 9.43. The molecule has 0 unspecified atom stereocenters. The highest BCUT2D eigenvalue weighted by Gasteiger charge is 2.65. The number of aliphatic hydroxyl groups is 1. The minimum absolute atomic E-state index is 0.0963. The topological polar surface area (TPSA) is 83.8 Å². The van der Waals surface area contributed by atoms with Crippen LogP contribution in [0.4, 0.5) is 0 Å². The molecule has 0 aromatic rings. The van der Waals surface area contributed by atoms with Gasteiger partial charge in [-0.2, -0.15) is 0 Å². The zero-order valence-electron chi connectivity index (χ0n) is 19.9. The standard InChI is InChI=1S/C26H42O5/c1-16(5-8-23(28)29)20-6-7-21-19-10-14-26(30)15-18(31-17(2)27)9-13-25(26,4)22(19)11-12-24(20,21)3/h16,18-22,30H,5-15H2,1-4H3,(H,28,29)/t16-,18-,19+,20-,21+,22+,24-,25-,26+/m1/s1. The number of ether oxygens (including phenoxy) is 1. The molecule has 31 heavy (non-hydrogen) atoms. The number of carbonyl (C=O) groups is 2. The molecule has 4 saturated carbocycles. The SMILES string of the molecule is CC(=O)O[C@@H]1CC[C@]2(C)[C@H]3CC[C@]4(C)[C@@H]([C@H](C)CCC(=O)O)CC[C@H]4[C@@H]3CC[C@]2(O)C1. The van der Waals surface area contributed by atoms with E-state index in [9.17, 15) is 14.7 Å². The second-order valence-corrected chi connectivity index (χ2v) is 12.0. The van der Waals surface area contributed by atoms with E-state index in [1.165, 1.54) is 26.2 Å². The molecule has 0 amide bonds. The molecule has 0 radical (unpaired) electrons. The quantitative estimate of drug-likeness (QED) is 0.582. The summed E-state index contributed by atoms with van der Waals surface area (Å²) in [5.41, 5.74) is -0.520. The average Bonchev–Trinajstić information content (AvgIpc) is 3.04. The van der Waals surface area contributed by atoms with Crippen molar-refractivity contribution in [3.63, 3.8) is 0 Å². The monoisotopic (exact) mass is 434 g/mol. The van der Waals surface area contributed by atoms with Gasteiger partial charge in [0.15, 0.2) is 0 Å². The number of carboxylic acid groups (broad SMARTS) is 1. The molecule has 4 aliphatic carbocycles. The lowest BCUT2D eigenvalue weighted by Gasteiger charge is -2.64. The molecule has 0 saturated heterocycles. The van der Waals surface area contributed by atoms with Crippen molar-refractivity contribution in [3.8, 4) is 0 Å². The van der Waals surface area contributed by atoms with Gasteiger partial charge in [0.25, 0.3) is 0 Å². The highest BCUT2D eigenvalue weighted by Crippen LogP contribution is 2.69. The Morgan fingerprint density at radius 1 is 1.03 bits per heavy atom. The molecular formula is C26H42O5. The van der Waals surface area contributed by atoms with Crippen LogP contribution >= 0.6 is 0 Å². The minimum Gasteiger partial charge on any atom is -0.481 e. The smallest absolute Gasteiger partial charge is 0.303 e. The predicted octanol–water partition coefficient (Wildman–Crippen LogP) is 5.19. The molecule has 4 fully saturated rings. The molecule has 2 N–H and O–H groups in total. The number of aliphatic carboxylic acids is 1. The number of rotatable bonds is 5. The summed E-state index contributed by atoms with van der Waals surface area (Å²) in [4.78, 5) is 22.6. The third kappa shape index (κ3) is 3.73. The van der Waals surface area contributed by atoms with Gasteiger partial charge in [0.05, 0.1) is 5.60 Å². The van der Waals surface area contributed by atoms with Crippen molar-refractivity contribution >= 4 is 11.9 Å². The highest BCUT2D eigenvalue weighted by molar-refractivity contribution is 5.66. The number of hydrogen-bond donors (Lipinski definition) is 2. The van der Waals surface area contributed by atoms with Crippen LogP contribution < -0.4 is 0 Å². The van der Waals surface area contributed by atoms with Crippen LogP contribution in [0.15, 0.2) is 0 Å². The van der Waals surface area contributed by atoms with E-state index in [2.05, 4.69) is 20.8 Å². The van der Waals surface area contributed by atoms with Crippen molar-refractivity contribution in [1.82, 2.24) is 0 Å². The van der Waals surface area contributed by atoms with Gasteiger partial charge in [0.1, 0.15) is 6.10 Å².